The number of phenolic OH excluding ortho intramolecular Hbond substituents is 1. The van der Waals surface area contributed by atoms with Gasteiger partial charge in [0.15, 0.2) is 0 Å². The topological polar surface area (TPSA) is 151 Å². The van der Waals surface area contributed by atoms with Crippen molar-refractivity contribution in [2.45, 2.75) is 32.1 Å². The normalized spacial score (nSPS) is 17.3. The summed E-state index contributed by atoms with van der Waals surface area (Å²) in [6.45, 7) is 1.49. The Morgan fingerprint density at radius 1 is 1.21 bits per heavy atom. The minimum absolute atomic E-state index is 0.00422. The van der Waals surface area contributed by atoms with E-state index in [-0.39, 0.29) is 47.7 Å². The maximum Gasteiger partial charge on any atom is 0.355 e. The minimum atomic E-state index is -1.88. The van der Waals surface area contributed by atoms with E-state index in [4.69, 9.17) is 9.47 Å². The average Bonchev–Trinajstić information content (AvgIpc) is 3.27. The summed E-state index contributed by atoms with van der Waals surface area (Å²) < 4.78 is 12.6. The van der Waals surface area contributed by atoms with E-state index >= 15 is 0 Å². The summed E-state index contributed by atoms with van der Waals surface area (Å²) in [7, 11) is 0. The second-order valence-corrected chi connectivity index (χ2v) is 9.10. The first-order valence-corrected chi connectivity index (χ1v) is 11.8. The number of rotatable bonds is 4. The maximum absolute atomic E-state index is 13.6. The fraction of sp³-hybridized carbons (Fsp3) is 0.185. The Bertz CT molecular complexity index is 1760. The van der Waals surface area contributed by atoms with Crippen molar-refractivity contribution < 1.29 is 29.1 Å². The molecule has 2 aliphatic heterocycles. The van der Waals surface area contributed by atoms with Crippen molar-refractivity contribution in [2.24, 2.45) is 0 Å². The second-order valence-electron chi connectivity index (χ2n) is 9.10. The number of pyridine rings is 2. The molecule has 2 aromatic carbocycles. The maximum atomic E-state index is 13.6. The van der Waals surface area contributed by atoms with Crippen molar-refractivity contribution in [1.29, 1.82) is 0 Å². The van der Waals surface area contributed by atoms with Crippen LogP contribution in [-0.2, 0) is 33.0 Å². The van der Waals surface area contributed by atoms with Gasteiger partial charge in [0.1, 0.15) is 12.4 Å². The van der Waals surface area contributed by atoms with Crippen LogP contribution in [0.15, 0.2) is 59.4 Å². The molecule has 2 aromatic heterocycles. The van der Waals surface area contributed by atoms with Crippen LogP contribution < -0.4 is 5.56 Å². The molecule has 0 bridgehead atoms. The van der Waals surface area contributed by atoms with Crippen LogP contribution in [0.4, 0.5) is 5.69 Å². The molecule has 0 fully saturated rings. The van der Waals surface area contributed by atoms with Crippen LogP contribution in [0, 0.1) is 10.1 Å². The van der Waals surface area contributed by atoms with E-state index < -0.39 is 28.0 Å². The molecule has 1 atom stereocenters. The number of benzene rings is 2. The summed E-state index contributed by atoms with van der Waals surface area (Å²) in [5.74, 6) is -1.67. The first-order valence-electron chi connectivity index (χ1n) is 11.8. The number of aromatic nitrogens is 2. The Morgan fingerprint density at radius 2 is 1.97 bits per heavy atom. The lowest BCUT2D eigenvalue weighted by atomic mass is 9.85. The van der Waals surface area contributed by atoms with E-state index in [1.165, 1.54) is 41.0 Å². The van der Waals surface area contributed by atoms with Crippen LogP contribution in [0.2, 0.25) is 0 Å². The summed E-state index contributed by atoms with van der Waals surface area (Å²) in [6.07, 6.45) is -0.00422. The lowest BCUT2D eigenvalue weighted by molar-refractivity contribution is -0.383. The number of ether oxygens (including phenoxy) is 2. The molecule has 11 heteroatoms. The molecule has 0 saturated heterocycles. The van der Waals surface area contributed by atoms with E-state index in [9.17, 15) is 29.6 Å². The molecule has 0 unspecified atom stereocenters. The van der Waals surface area contributed by atoms with E-state index in [1.807, 2.05) is 0 Å². The molecule has 6 rings (SSSR count). The van der Waals surface area contributed by atoms with Gasteiger partial charge < -0.3 is 19.1 Å². The first kappa shape index (κ1) is 23.3. The van der Waals surface area contributed by atoms with Crippen LogP contribution in [-0.4, -0.2) is 31.5 Å². The number of carbonyl (C=O) groups excluding carboxylic acids is 2. The Labute approximate surface area is 214 Å². The molecular weight excluding hydrogens is 494 g/mol. The van der Waals surface area contributed by atoms with Gasteiger partial charge in [-0.25, -0.2) is 14.6 Å². The van der Waals surface area contributed by atoms with Crippen molar-refractivity contribution in [3.05, 3.63) is 97.3 Å². The van der Waals surface area contributed by atoms with E-state index in [1.54, 1.807) is 25.1 Å². The number of nitro groups is 1. The van der Waals surface area contributed by atoms with E-state index in [0.29, 0.717) is 27.9 Å². The van der Waals surface area contributed by atoms with Gasteiger partial charge in [-0.15, -0.1) is 0 Å². The molecule has 0 amide bonds. The zero-order chi connectivity index (χ0) is 26.8. The molecule has 4 heterocycles. The zero-order valence-corrected chi connectivity index (χ0v) is 20.0. The molecule has 2 aliphatic rings. The third-order valence-electron chi connectivity index (χ3n) is 7.06. The van der Waals surface area contributed by atoms with Crippen molar-refractivity contribution in [3.63, 3.8) is 0 Å². The van der Waals surface area contributed by atoms with Gasteiger partial charge >= 0.3 is 11.9 Å². The minimum Gasteiger partial charge on any atom is -0.508 e. The van der Waals surface area contributed by atoms with Crippen LogP contribution in [0.5, 0.6) is 5.75 Å². The van der Waals surface area contributed by atoms with Crippen molar-refractivity contribution >= 4 is 28.5 Å². The quantitative estimate of drug-likeness (QED) is 0.216. The van der Waals surface area contributed by atoms with Gasteiger partial charge in [0, 0.05) is 17.2 Å². The molecule has 190 valence electrons. The SMILES string of the molecule is CC[C@@]1(OC(=O)c2ccc(O)cc2)C(=O)OCc2c1cc1n(c2=O)Cc2cc3c([N+](=O)[O-])cccc3nc2-1. The van der Waals surface area contributed by atoms with Crippen molar-refractivity contribution in [3.8, 4) is 17.1 Å². The average molecular weight is 513 g/mol. The lowest BCUT2D eigenvalue weighted by Gasteiger charge is -2.35. The van der Waals surface area contributed by atoms with Crippen LogP contribution in [0.25, 0.3) is 22.3 Å². The predicted octanol–water partition coefficient (Wildman–Crippen LogP) is 3.56. The number of phenols is 1. The largest absolute Gasteiger partial charge is 0.508 e. The van der Waals surface area contributed by atoms with E-state index in [0.717, 1.165) is 0 Å². The van der Waals surface area contributed by atoms with Gasteiger partial charge in [0.25, 0.3) is 11.2 Å². The molecule has 0 saturated carbocycles. The molecule has 1 N–H and O–H groups in total. The van der Waals surface area contributed by atoms with E-state index in [2.05, 4.69) is 4.98 Å². The van der Waals surface area contributed by atoms with Crippen LogP contribution >= 0.6 is 0 Å². The fourth-order valence-electron chi connectivity index (χ4n) is 5.12. The number of fused-ring (bicyclic) bond motifs is 5. The highest BCUT2D eigenvalue weighted by Crippen LogP contribution is 2.41. The number of cyclic esters (lactones) is 1. The molecule has 0 aliphatic carbocycles. The van der Waals surface area contributed by atoms with Crippen LogP contribution in [0.1, 0.15) is 40.4 Å². The Morgan fingerprint density at radius 3 is 2.68 bits per heavy atom. The summed E-state index contributed by atoms with van der Waals surface area (Å²) in [5, 5.41) is 21.4. The number of nitrogens with zero attached hydrogens (tertiary/aromatic N) is 3. The zero-order valence-electron chi connectivity index (χ0n) is 20.0. The number of non-ortho nitro benzene ring substituents is 1. The molecular formula is C27H19N3O8. The Kier molecular flexibility index (Phi) is 5.06. The number of aromatic hydroxyl groups is 1. The molecule has 11 nitrogen and oxygen atoms in total. The fourth-order valence-corrected chi connectivity index (χ4v) is 5.12. The van der Waals surface area contributed by atoms with Gasteiger partial charge in [-0.3, -0.25) is 14.9 Å². The molecule has 38 heavy (non-hydrogen) atoms. The van der Waals surface area contributed by atoms with Gasteiger partial charge in [-0.05, 0) is 48.9 Å². The third kappa shape index (κ3) is 3.28. The van der Waals surface area contributed by atoms with Gasteiger partial charge in [0.2, 0.25) is 5.60 Å². The summed E-state index contributed by atoms with van der Waals surface area (Å²) in [5.41, 5.74) is -0.0461. The third-order valence-corrected chi connectivity index (χ3v) is 7.06. The van der Waals surface area contributed by atoms with Crippen molar-refractivity contribution in [1.82, 2.24) is 9.55 Å². The molecule has 0 spiro atoms. The standard InChI is InChI=1S/C27H19N3O8/c1-2-27(38-25(33)14-6-8-16(31)9-7-14)19-11-22-23-15(12-29(22)24(32)18(19)13-37-26(27)34)10-17-20(28-23)4-3-5-21(17)30(35)36/h3-11,31H,2,12-13H2,1H3/t27-/m0/s1. The monoisotopic (exact) mass is 513 g/mol. The van der Waals surface area contributed by atoms with Gasteiger partial charge in [0.05, 0.1) is 44.9 Å². The number of carbonyl (C=O) groups is 2. The molecule has 0 radical (unpaired) electrons. The van der Waals surface area contributed by atoms with Crippen LogP contribution in [0.3, 0.4) is 0 Å². The number of nitro benzene ring substituents is 1. The summed E-state index contributed by atoms with van der Waals surface area (Å²) in [4.78, 5) is 55.5. The first-order chi connectivity index (χ1) is 18.2. The predicted molar refractivity (Wildman–Crippen MR) is 132 cm³/mol. The second kappa shape index (κ2) is 8.23. The highest BCUT2D eigenvalue weighted by Gasteiger charge is 2.50. The number of hydrogen-bond donors (Lipinski definition) is 1. The number of hydrogen-bond acceptors (Lipinski definition) is 9. The highest BCUT2D eigenvalue weighted by molar-refractivity contribution is 5.94. The van der Waals surface area contributed by atoms with Gasteiger partial charge in [-0.2, -0.15) is 0 Å². The van der Waals surface area contributed by atoms with Gasteiger partial charge in [-0.1, -0.05) is 13.0 Å². The smallest absolute Gasteiger partial charge is 0.355 e. The Hall–Kier alpha value is -5.06. The molecule has 4 aromatic rings. The Balaban J connectivity index is 1.52. The number of esters is 2. The lowest BCUT2D eigenvalue weighted by Crippen LogP contribution is -2.47. The van der Waals surface area contributed by atoms with Crippen molar-refractivity contribution in [2.75, 3.05) is 0 Å². The highest BCUT2D eigenvalue weighted by atomic mass is 16.6. The summed E-state index contributed by atoms with van der Waals surface area (Å²) >= 11 is 0. The summed E-state index contributed by atoms with van der Waals surface area (Å²) in [6, 6.07) is 13.2.